The third-order valence-corrected chi connectivity index (χ3v) is 5.52. The summed E-state index contributed by atoms with van der Waals surface area (Å²) in [6.45, 7) is 2.13. The average molecular weight is 381 g/mol. The minimum absolute atomic E-state index is 0.293. The van der Waals surface area contributed by atoms with E-state index in [9.17, 15) is 9.18 Å². The summed E-state index contributed by atoms with van der Waals surface area (Å²) in [4.78, 5) is 19.4. The van der Waals surface area contributed by atoms with Crippen LogP contribution in [0.25, 0.3) is 11.3 Å². The summed E-state index contributed by atoms with van der Waals surface area (Å²) in [5, 5.41) is 5.93. The summed E-state index contributed by atoms with van der Waals surface area (Å²) in [6, 6.07) is 13.2. The highest BCUT2D eigenvalue weighted by atomic mass is 32.1. The SMILES string of the molecule is O=C(Nc1cccc(-c2csc(N3CCCCC3)n2)c1)c1cccc(F)c1. The van der Waals surface area contributed by atoms with Gasteiger partial charge in [-0.3, -0.25) is 4.79 Å². The van der Waals surface area contributed by atoms with Crippen LogP contribution < -0.4 is 10.2 Å². The predicted molar refractivity (Wildman–Crippen MR) is 108 cm³/mol. The van der Waals surface area contributed by atoms with E-state index >= 15 is 0 Å². The molecule has 0 unspecified atom stereocenters. The van der Waals surface area contributed by atoms with Crippen molar-refractivity contribution in [1.82, 2.24) is 4.98 Å². The molecule has 2 aromatic carbocycles. The van der Waals surface area contributed by atoms with Gasteiger partial charge in [0, 0.05) is 35.3 Å². The molecule has 0 atom stereocenters. The quantitative estimate of drug-likeness (QED) is 0.676. The highest BCUT2D eigenvalue weighted by Gasteiger charge is 2.15. The molecule has 27 heavy (non-hydrogen) atoms. The fraction of sp³-hybridized carbons (Fsp3) is 0.238. The number of nitrogens with one attached hydrogen (secondary N) is 1. The van der Waals surface area contributed by atoms with Crippen LogP contribution in [0, 0.1) is 5.82 Å². The van der Waals surface area contributed by atoms with Gasteiger partial charge in [-0.1, -0.05) is 18.2 Å². The van der Waals surface area contributed by atoms with Crippen LogP contribution in [0.15, 0.2) is 53.9 Å². The fourth-order valence-corrected chi connectivity index (χ4v) is 4.11. The van der Waals surface area contributed by atoms with Crippen LogP contribution in [0.4, 0.5) is 15.2 Å². The molecule has 1 aliphatic heterocycles. The Morgan fingerprint density at radius 2 is 1.89 bits per heavy atom. The number of nitrogens with zero attached hydrogens (tertiary/aromatic N) is 2. The number of rotatable bonds is 4. The first-order valence-corrected chi connectivity index (χ1v) is 9.95. The zero-order valence-electron chi connectivity index (χ0n) is 14.8. The largest absolute Gasteiger partial charge is 0.348 e. The average Bonchev–Trinajstić information content (AvgIpc) is 3.19. The molecule has 3 aromatic rings. The first-order valence-electron chi connectivity index (χ1n) is 9.07. The lowest BCUT2D eigenvalue weighted by molar-refractivity contribution is 0.102. The fourth-order valence-electron chi connectivity index (χ4n) is 3.22. The minimum Gasteiger partial charge on any atom is -0.348 e. The van der Waals surface area contributed by atoms with Crippen molar-refractivity contribution in [2.45, 2.75) is 19.3 Å². The number of thiazole rings is 1. The van der Waals surface area contributed by atoms with Crippen LogP contribution in [-0.4, -0.2) is 24.0 Å². The Kier molecular flexibility index (Phi) is 5.16. The van der Waals surface area contributed by atoms with Gasteiger partial charge in [-0.2, -0.15) is 0 Å². The number of aromatic nitrogens is 1. The van der Waals surface area contributed by atoms with Gasteiger partial charge in [0.1, 0.15) is 5.82 Å². The molecule has 4 nitrogen and oxygen atoms in total. The number of carbonyl (C=O) groups is 1. The van der Waals surface area contributed by atoms with Gasteiger partial charge >= 0.3 is 0 Å². The molecule has 0 bridgehead atoms. The van der Waals surface area contributed by atoms with E-state index in [1.807, 2.05) is 24.3 Å². The van der Waals surface area contributed by atoms with E-state index in [0.717, 1.165) is 29.5 Å². The smallest absolute Gasteiger partial charge is 0.255 e. The zero-order valence-corrected chi connectivity index (χ0v) is 15.6. The Balaban J connectivity index is 1.51. The molecule has 4 rings (SSSR count). The Hall–Kier alpha value is -2.73. The summed E-state index contributed by atoms with van der Waals surface area (Å²) in [5.74, 6) is -0.761. The van der Waals surface area contributed by atoms with Crippen molar-refractivity contribution in [2.75, 3.05) is 23.3 Å². The van der Waals surface area contributed by atoms with Crippen molar-refractivity contribution in [1.29, 1.82) is 0 Å². The molecular formula is C21H20FN3OS. The summed E-state index contributed by atoms with van der Waals surface area (Å²) in [5.41, 5.74) is 2.81. The molecule has 2 heterocycles. The van der Waals surface area contributed by atoms with Crippen LogP contribution in [-0.2, 0) is 0 Å². The van der Waals surface area contributed by atoms with Crippen LogP contribution in [0.1, 0.15) is 29.6 Å². The van der Waals surface area contributed by atoms with Crippen molar-refractivity contribution in [2.24, 2.45) is 0 Å². The van der Waals surface area contributed by atoms with Crippen molar-refractivity contribution >= 4 is 28.1 Å². The van der Waals surface area contributed by atoms with E-state index in [2.05, 4.69) is 15.6 Å². The normalized spacial score (nSPS) is 14.2. The molecule has 1 amide bonds. The molecule has 1 aromatic heterocycles. The number of carbonyl (C=O) groups excluding carboxylic acids is 1. The van der Waals surface area contributed by atoms with Crippen LogP contribution in [0.3, 0.4) is 0 Å². The second kappa shape index (κ2) is 7.88. The maximum Gasteiger partial charge on any atom is 0.255 e. The first kappa shape index (κ1) is 17.7. The third kappa shape index (κ3) is 4.17. The third-order valence-electron chi connectivity index (χ3n) is 4.62. The number of halogens is 1. The van der Waals surface area contributed by atoms with Gasteiger partial charge in [-0.25, -0.2) is 9.37 Å². The van der Waals surface area contributed by atoms with E-state index in [4.69, 9.17) is 4.98 Å². The van der Waals surface area contributed by atoms with Gasteiger partial charge in [0.05, 0.1) is 5.69 Å². The van der Waals surface area contributed by atoms with Crippen molar-refractivity contribution < 1.29 is 9.18 Å². The van der Waals surface area contributed by atoms with Gasteiger partial charge in [-0.15, -0.1) is 11.3 Å². The number of piperidine rings is 1. The number of benzene rings is 2. The minimum atomic E-state index is -0.427. The zero-order chi connectivity index (χ0) is 18.6. The Morgan fingerprint density at radius 1 is 1.07 bits per heavy atom. The molecule has 0 radical (unpaired) electrons. The summed E-state index contributed by atoms with van der Waals surface area (Å²) < 4.78 is 13.3. The summed E-state index contributed by atoms with van der Waals surface area (Å²) in [7, 11) is 0. The maximum absolute atomic E-state index is 13.3. The number of hydrogen-bond acceptors (Lipinski definition) is 4. The Morgan fingerprint density at radius 3 is 2.70 bits per heavy atom. The lowest BCUT2D eigenvalue weighted by Gasteiger charge is -2.25. The van der Waals surface area contributed by atoms with E-state index < -0.39 is 5.82 Å². The van der Waals surface area contributed by atoms with Gasteiger partial charge < -0.3 is 10.2 Å². The number of hydrogen-bond donors (Lipinski definition) is 1. The highest BCUT2D eigenvalue weighted by molar-refractivity contribution is 7.14. The van der Waals surface area contributed by atoms with Gasteiger partial charge in [0.25, 0.3) is 5.91 Å². The molecule has 0 spiro atoms. The van der Waals surface area contributed by atoms with E-state index in [0.29, 0.717) is 11.3 Å². The highest BCUT2D eigenvalue weighted by Crippen LogP contribution is 2.30. The van der Waals surface area contributed by atoms with E-state index in [-0.39, 0.29) is 5.91 Å². The monoisotopic (exact) mass is 381 g/mol. The lowest BCUT2D eigenvalue weighted by Crippen LogP contribution is -2.29. The molecule has 1 saturated heterocycles. The standard InChI is InChI=1S/C21H20FN3OS/c22-17-8-4-7-16(12-17)20(26)23-18-9-5-6-15(13-18)19-14-27-21(24-19)25-10-2-1-3-11-25/h4-9,12-14H,1-3,10-11H2,(H,23,26). The molecule has 1 N–H and O–H groups in total. The molecular weight excluding hydrogens is 361 g/mol. The van der Waals surface area contributed by atoms with Gasteiger partial charge in [0.2, 0.25) is 0 Å². The molecule has 0 saturated carbocycles. The number of amides is 1. The topological polar surface area (TPSA) is 45.2 Å². The van der Waals surface area contributed by atoms with E-state index in [1.165, 1.54) is 37.5 Å². The summed E-state index contributed by atoms with van der Waals surface area (Å²) in [6.07, 6.45) is 3.73. The Bertz CT molecular complexity index is 950. The van der Waals surface area contributed by atoms with Crippen molar-refractivity contribution in [3.05, 3.63) is 65.3 Å². The van der Waals surface area contributed by atoms with E-state index in [1.54, 1.807) is 17.4 Å². The van der Waals surface area contributed by atoms with Gasteiger partial charge in [-0.05, 0) is 49.6 Å². The molecule has 1 fully saturated rings. The molecule has 138 valence electrons. The Labute approximate surface area is 161 Å². The van der Waals surface area contributed by atoms with Crippen molar-refractivity contribution in [3.63, 3.8) is 0 Å². The molecule has 1 aliphatic rings. The predicted octanol–water partition coefficient (Wildman–Crippen LogP) is 5.19. The molecule has 6 heteroatoms. The van der Waals surface area contributed by atoms with Crippen molar-refractivity contribution in [3.8, 4) is 11.3 Å². The molecule has 0 aliphatic carbocycles. The summed E-state index contributed by atoms with van der Waals surface area (Å²) >= 11 is 1.65. The number of anilines is 2. The lowest BCUT2D eigenvalue weighted by atomic mass is 10.1. The van der Waals surface area contributed by atoms with Gasteiger partial charge in [0.15, 0.2) is 5.13 Å². The maximum atomic E-state index is 13.3. The first-order chi connectivity index (χ1) is 13.2. The van der Waals surface area contributed by atoms with Crippen LogP contribution in [0.5, 0.6) is 0 Å². The van der Waals surface area contributed by atoms with Crippen LogP contribution in [0.2, 0.25) is 0 Å². The second-order valence-electron chi connectivity index (χ2n) is 6.61. The van der Waals surface area contributed by atoms with Crippen LogP contribution >= 0.6 is 11.3 Å². The second-order valence-corrected chi connectivity index (χ2v) is 7.44.